The zero-order valence-electron chi connectivity index (χ0n) is 11.4. The number of oxime groups is 1. The molecule has 1 amide bonds. The third-order valence-electron chi connectivity index (χ3n) is 3.58. The molecule has 7 heteroatoms. The van der Waals surface area contributed by atoms with Crippen molar-refractivity contribution in [1.29, 1.82) is 0 Å². The van der Waals surface area contributed by atoms with E-state index in [1.807, 2.05) is 6.92 Å². The largest absolute Gasteiger partial charge is 0.409 e. The predicted molar refractivity (Wildman–Crippen MR) is 74.6 cm³/mol. The highest BCUT2D eigenvalue weighted by atomic mass is 16.4. The average Bonchev–Trinajstić information content (AvgIpc) is 2.53. The molecule has 0 spiro atoms. The molecule has 1 fully saturated rings. The Kier molecular flexibility index (Phi) is 4.52. The molecule has 1 unspecified atom stereocenters. The second-order valence-electron chi connectivity index (χ2n) is 4.74. The van der Waals surface area contributed by atoms with Crippen molar-refractivity contribution in [2.24, 2.45) is 10.9 Å². The van der Waals surface area contributed by atoms with Crippen LogP contribution in [0.15, 0.2) is 29.6 Å². The second-order valence-corrected chi connectivity index (χ2v) is 4.74. The second kappa shape index (κ2) is 6.33. The molecule has 1 aromatic rings. The Morgan fingerprint density at radius 3 is 2.65 bits per heavy atom. The lowest BCUT2D eigenvalue weighted by molar-refractivity contribution is 0.0613. The maximum absolute atomic E-state index is 12.2. The molecule has 0 aromatic carbocycles. The first-order valence-electron chi connectivity index (χ1n) is 6.55. The van der Waals surface area contributed by atoms with Gasteiger partial charge in [-0.3, -0.25) is 14.7 Å². The highest BCUT2D eigenvalue weighted by Crippen LogP contribution is 2.09. The van der Waals surface area contributed by atoms with Crippen LogP contribution in [-0.2, 0) is 0 Å². The molecule has 1 aliphatic rings. The molecule has 1 saturated heterocycles. The smallest absolute Gasteiger partial charge is 0.272 e. The lowest BCUT2D eigenvalue weighted by Crippen LogP contribution is -2.54. The van der Waals surface area contributed by atoms with Crippen LogP contribution in [0.1, 0.15) is 17.4 Å². The number of nitrogens with zero attached hydrogens (tertiary/aromatic N) is 4. The zero-order valence-corrected chi connectivity index (χ0v) is 11.4. The number of nitrogens with two attached hydrogens (primary N) is 1. The van der Waals surface area contributed by atoms with Crippen molar-refractivity contribution in [3.63, 3.8) is 0 Å². The summed E-state index contributed by atoms with van der Waals surface area (Å²) in [5.74, 6) is 0.135. The first-order chi connectivity index (χ1) is 9.63. The number of hydrogen-bond donors (Lipinski definition) is 2. The molecule has 0 bridgehead atoms. The fourth-order valence-corrected chi connectivity index (χ4v) is 2.23. The van der Waals surface area contributed by atoms with Crippen molar-refractivity contribution >= 4 is 11.7 Å². The van der Waals surface area contributed by atoms with Crippen molar-refractivity contribution in [3.05, 3.63) is 30.1 Å². The first-order valence-corrected chi connectivity index (χ1v) is 6.55. The summed E-state index contributed by atoms with van der Waals surface area (Å²) in [7, 11) is 0. The number of amidine groups is 1. The van der Waals surface area contributed by atoms with Gasteiger partial charge in [-0.2, -0.15) is 0 Å². The van der Waals surface area contributed by atoms with Crippen LogP contribution >= 0.6 is 0 Å². The van der Waals surface area contributed by atoms with E-state index >= 15 is 0 Å². The third kappa shape index (κ3) is 3.05. The van der Waals surface area contributed by atoms with Gasteiger partial charge in [0.25, 0.3) is 5.91 Å². The fraction of sp³-hybridized carbons (Fsp3) is 0.462. The van der Waals surface area contributed by atoms with Crippen LogP contribution in [-0.4, -0.2) is 64.0 Å². The molecule has 20 heavy (non-hydrogen) atoms. The van der Waals surface area contributed by atoms with Gasteiger partial charge in [-0.25, -0.2) is 0 Å². The summed E-state index contributed by atoms with van der Waals surface area (Å²) in [5, 5.41) is 11.7. The van der Waals surface area contributed by atoms with Gasteiger partial charge in [-0.1, -0.05) is 11.2 Å². The summed E-state index contributed by atoms with van der Waals surface area (Å²) in [5.41, 5.74) is 6.06. The summed E-state index contributed by atoms with van der Waals surface area (Å²) in [6, 6.07) is 5.17. The molecule has 2 rings (SSSR count). The van der Waals surface area contributed by atoms with Gasteiger partial charge in [-0.15, -0.1) is 0 Å². The van der Waals surface area contributed by atoms with Crippen LogP contribution < -0.4 is 5.73 Å². The summed E-state index contributed by atoms with van der Waals surface area (Å²) in [4.78, 5) is 20.2. The van der Waals surface area contributed by atoms with Crippen LogP contribution in [0, 0.1) is 0 Å². The van der Waals surface area contributed by atoms with E-state index < -0.39 is 0 Å². The Morgan fingerprint density at radius 2 is 2.10 bits per heavy atom. The van der Waals surface area contributed by atoms with Crippen molar-refractivity contribution in [2.75, 3.05) is 26.2 Å². The van der Waals surface area contributed by atoms with Gasteiger partial charge in [0, 0.05) is 32.4 Å². The van der Waals surface area contributed by atoms with Crippen molar-refractivity contribution < 1.29 is 10.0 Å². The molecule has 0 radical (unpaired) electrons. The number of aromatic nitrogens is 1. The van der Waals surface area contributed by atoms with E-state index in [1.54, 1.807) is 29.3 Å². The SMILES string of the molecule is CC(C(N)=NO)N1CCN(C(=O)c2ccccn2)CC1. The summed E-state index contributed by atoms with van der Waals surface area (Å²) in [6.07, 6.45) is 1.62. The molecule has 0 aliphatic carbocycles. The van der Waals surface area contributed by atoms with Crippen LogP contribution in [0.2, 0.25) is 0 Å². The maximum atomic E-state index is 12.2. The Hall–Kier alpha value is -2.15. The molecule has 108 valence electrons. The monoisotopic (exact) mass is 277 g/mol. The van der Waals surface area contributed by atoms with E-state index in [-0.39, 0.29) is 17.8 Å². The number of hydrogen-bond acceptors (Lipinski definition) is 5. The highest BCUT2D eigenvalue weighted by Gasteiger charge is 2.26. The van der Waals surface area contributed by atoms with Crippen LogP contribution in [0.25, 0.3) is 0 Å². The van der Waals surface area contributed by atoms with Crippen molar-refractivity contribution in [1.82, 2.24) is 14.8 Å². The van der Waals surface area contributed by atoms with E-state index in [0.717, 1.165) is 0 Å². The van der Waals surface area contributed by atoms with Gasteiger partial charge < -0.3 is 15.8 Å². The number of pyridine rings is 1. The Balaban J connectivity index is 1.93. The highest BCUT2D eigenvalue weighted by molar-refractivity contribution is 5.92. The quantitative estimate of drug-likeness (QED) is 0.350. The summed E-state index contributed by atoms with van der Waals surface area (Å²) < 4.78 is 0. The minimum absolute atomic E-state index is 0.0540. The number of rotatable bonds is 3. The fourth-order valence-electron chi connectivity index (χ4n) is 2.23. The number of piperazine rings is 1. The van der Waals surface area contributed by atoms with Gasteiger partial charge >= 0.3 is 0 Å². The standard InChI is InChI=1S/C13H19N5O2/c1-10(12(14)16-20)17-6-8-18(9-7-17)13(19)11-4-2-3-5-15-11/h2-5,10,20H,6-9H2,1H3,(H2,14,16). The van der Waals surface area contributed by atoms with E-state index in [2.05, 4.69) is 15.0 Å². The predicted octanol–water partition coefficient (Wildman–Crippen LogP) is -0.0257. The summed E-state index contributed by atoms with van der Waals surface area (Å²) in [6.45, 7) is 4.48. The van der Waals surface area contributed by atoms with Crippen LogP contribution in [0.4, 0.5) is 0 Å². The van der Waals surface area contributed by atoms with E-state index in [1.165, 1.54) is 0 Å². The van der Waals surface area contributed by atoms with E-state index in [0.29, 0.717) is 31.9 Å². The number of carbonyl (C=O) groups excluding carboxylic acids is 1. The van der Waals surface area contributed by atoms with Crippen molar-refractivity contribution in [2.45, 2.75) is 13.0 Å². The Labute approximate surface area is 117 Å². The molecule has 3 N–H and O–H groups in total. The van der Waals surface area contributed by atoms with Gasteiger partial charge in [0.15, 0.2) is 5.84 Å². The van der Waals surface area contributed by atoms with Crippen LogP contribution in [0.5, 0.6) is 0 Å². The number of carbonyl (C=O) groups is 1. The molecular formula is C13H19N5O2. The molecule has 1 atom stereocenters. The molecule has 0 saturated carbocycles. The lowest BCUT2D eigenvalue weighted by atomic mass is 10.2. The Morgan fingerprint density at radius 1 is 1.40 bits per heavy atom. The zero-order chi connectivity index (χ0) is 14.5. The molecular weight excluding hydrogens is 258 g/mol. The average molecular weight is 277 g/mol. The van der Waals surface area contributed by atoms with Gasteiger partial charge in [0.05, 0.1) is 6.04 Å². The van der Waals surface area contributed by atoms with Gasteiger partial charge in [0.2, 0.25) is 0 Å². The van der Waals surface area contributed by atoms with Crippen LogP contribution in [0.3, 0.4) is 0 Å². The molecule has 1 aliphatic heterocycles. The summed E-state index contributed by atoms with van der Waals surface area (Å²) >= 11 is 0. The van der Waals surface area contributed by atoms with Gasteiger partial charge in [-0.05, 0) is 19.1 Å². The number of amides is 1. The third-order valence-corrected chi connectivity index (χ3v) is 3.58. The first kappa shape index (κ1) is 14.3. The minimum atomic E-state index is -0.132. The normalized spacial score (nSPS) is 18.9. The topological polar surface area (TPSA) is 95.0 Å². The lowest BCUT2D eigenvalue weighted by Gasteiger charge is -2.37. The Bertz CT molecular complexity index is 483. The molecule has 7 nitrogen and oxygen atoms in total. The van der Waals surface area contributed by atoms with E-state index in [4.69, 9.17) is 10.9 Å². The molecule has 1 aromatic heterocycles. The maximum Gasteiger partial charge on any atom is 0.272 e. The van der Waals surface area contributed by atoms with Crippen molar-refractivity contribution in [3.8, 4) is 0 Å². The molecule has 2 heterocycles. The minimum Gasteiger partial charge on any atom is -0.409 e. The van der Waals surface area contributed by atoms with Gasteiger partial charge in [0.1, 0.15) is 5.69 Å². The van der Waals surface area contributed by atoms with E-state index in [9.17, 15) is 4.79 Å².